The van der Waals surface area contributed by atoms with Crippen molar-refractivity contribution in [2.24, 2.45) is 14.1 Å². The Balaban J connectivity index is 0.000000375. The van der Waals surface area contributed by atoms with E-state index < -0.39 is 20.1 Å². The van der Waals surface area contributed by atoms with Crippen LogP contribution in [0, 0.1) is 0 Å². The van der Waals surface area contributed by atoms with Crippen molar-refractivity contribution >= 4 is 7.12 Å². The lowest BCUT2D eigenvalue weighted by Gasteiger charge is -2.23. The molecule has 0 aromatic carbocycles. The molecule has 2 aromatic heterocycles. The van der Waals surface area contributed by atoms with Gasteiger partial charge in [0, 0.05) is 28.1 Å². The van der Waals surface area contributed by atoms with Crippen molar-refractivity contribution in [1.29, 1.82) is 0 Å². The van der Waals surface area contributed by atoms with Gasteiger partial charge in [-0.1, -0.05) is 6.32 Å². The minimum atomic E-state index is -1.98. The maximum atomic E-state index is 10.8. The number of ether oxygens (including phenoxy) is 2. The first kappa shape index (κ1) is 24.3. The van der Waals surface area contributed by atoms with Gasteiger partial charge in [-0.05, 0) is 0 Å². The van der Waals surface area contributed by atoms with Crippen molar-refractivity contribution in [1.82, 2.24) is 9.13 Å². The smallest absolute Gasteiger partial charge is 0.245 e. The number of halogens is 1. The third kappa shape index (κ3) is 10.3. The van der Waals surface area contributed by atoms with Crippen LogP contribution in [0.3, 0.4) is 0 Å². The summed E-state index contributed by atoms with van der Waals surface area (Å²) >= 11 is 0. The molecule has 10 heteroatoms. The highest BCUT2D eigenvalue weighted by Gasteiger charge is 2.07. The standard InChI is InChI=1S/2C7H13N2O.C2H4BFO2/c2*1-7(10-3)9-5-4-8(2)6-9;4-2-1-3(5)6/h2*4-7H,1-3H3;1-2H2/q2*+1;-2. The van der Waals surface area contributed by atoms with Crippen molar-refractivity contribution in [3.63, 3.8) is 0 Å². The molecule has 2 rings (SSSR count). The summed E-state index contributed by atoms with van der Waals surface area (Å²) in [6.07, 6.45) is 11.7. The van der Waals surface area contributed by atoms with E-state index in [2.05, 4.69) is 0 Å². The Labute approximate surface area is 155 Å². The lowest BCUT2D eigenvalue weighted by Crippen LogP contribution is -2.44. The Bertz CT molecular complexity index is 548. The van der Waals surface area contributed by atoms with Crippen LogP contribution in [-0.2, 0) is 23.6 Å². The van der Waals surface area contributed by atoms with Crippen LogP contribution in [0.5, 0.6) is 0 Å². The largest absolute Gasteiger partial charge is 0.893 e. The Morgan fingerprint density at radius 3 is 1.50 bits per heavy atom. The number of hydrogen-bond donors (Lipinski definition) is 0. The summed E-state index contributed by atoms with van der Waals surface area (Å²) < 4.78 is 29.0. The van der Waals surface area contributed by atoms with Gasteiger partial charge in [0.2, 0.25) is 12.7 Å². The monoisotopic (exact) mass is 372 g/mol. The van der Waals surface area contributed by atoms with E-state index in [4.69, 9.17) is 9.47 Å². The summed E-state index contributed by atoms with van der Waals surface area (Å²) in [5, 5.41) is 18.7. The minimum absolute atomic E-state index is 0.126. The summed E-state index contributed by atoms with van der Waals surface area (Å²) in [5.41, 5.74) is 0. The zero-order valence-electron chi connectivity index (χ0n) is 16.4. The lowest BCUT2D eigenvalue weighted by molar-refractivity contribution is -0.671. The van der Waals surface area contributed by atoms with E-state index >= 15 is 0 Å². The van der Waals surface area contributed by atoms with Gasteiger partial charge in [0.15, 0.2) is 12.5 Å². The zero-order chi connectivity index (χ0) is 20.1. The zero-order valence-corrected chi connectivity index (χ0v) is 16.4. The second-order valence-electron chi connectivity index (χ2n) is 5.63. The molecule has 0 aliphatic heterocycles. The van der Waals surface area contributed by atoms with Crippen LogP contribution in [0.4, 0.5) is 4.39 Å². The fraction of sp³-hybridized carbons (Fsp3) is 0.625. The number of alkyl halides is 1. The molecule has 0 N–H and O–H groups in total. The van der Waals surface area contributed by atoms with Crippen LogP contribution < -0.4 is 19.2 Å². The Kier molecular flexibility index (Phi) is 12.6. The summed E-state index contributed by atoms with van der Waals surface area (Å²) in [6.45, 7) is 3.21. The summed E-state index contributed by atoms with van der Waals surface area (Å²) in [4.78, 5) is 0. The molecule has 0 aliphatic carbocycles. The van der Waals surface area contributed by atoms with Crippen molar-refractivity contribution in [3.8, 4) is 0 Å². The van der Waals surface area contributed by atoms with E-state index in [0.717, 1.165) is 0 Å². The van der Waals surface area contributed by atoms with Gasteiger partial charge in [0.05, 0.1) is 20.8 Å². The predicted molar refractivity (Wildman–Crippen MR) is 91.2 cm³/mol. The first-order valence-electron chi connectivity index (χ1n) is 8.23. The lowest BCUT2D eigenvalue weighted by atomic mass is 9.88. The van der Waals surface area contributed by atoms with Crippen LogP contribution in [0.15, 0.2) is 37.4 Å². The first-order valence-corrected chi connectivity index (χ1v) is 8.23. The molecule has 8 nitrogen and oxygen atoms in total. The molecule has 0 amide bonds. The van der Waals surface area contributed by atoms with Crippen LogP contribution in [0.1, 0.15) is 26.3 Å². The highest BCUT2D eigenvalue weighted by Crippen LogP contribution is 2.02. The van der Waals surface area contributed by atoms with Gasteiger partial charge < -0.3 is 19.5 Å². The van der Waals surface area contributed by atoms with E-state index in [-0.39, 0.29) is 12.5 Å². The molecule has 0 radical (unpaired) electrons. The second-order valence-corrected chi connectivity index (χ2v) is 5.63. The maximum Gasteiger partial charge on any atom is 0.245 e. The van der Waals surface area contributed by atoms with E-state index in [1.165, 1.54) is 0 Å². The number of nitrogens with zero attached hydrogens (tertiary/aromatic N) is 4. The number of rotatable bonds is 6. The molecule has 0 fully saturated rings. The second kappa shape index (κ2) is 13.5. The Morgan fingerprint density at radius 1 is 0.962 bits per heavy atom. The van der Waals surface area contributed by atoms with Crippen LogP contribution in [0.2, 0.25) is 6.32 Å². The Hall–Kier alpha value is -1.75. The maximum absolute atomic E-state index is 10.8. The van der Waals surface area contributed by atoms with Crippen molar-refractivity contribution in [2.45, 2.75) is 32.6 Å². The number of aryl methyl sites for hydroxylation is 2. The van der Waals surface area contributed by atoms with E-state index in [9.17, 15) is 14.4 Å². The normalized spacial score (nSPS) is 12.3. The van der Waals surface area contributed by atoms with E-state index in [1.54, 1.807) is 14.2 Å². The van der Waals surface area contributed by atoms with Gasteiger partial charge in [-0.3, -0.25) is 4.39 Å². The number of imidazole rings is 2. The number of aromatic nitrogens is 4. The predicted octanol–water partition coefficient (Wildman–Crippen LogP) is -0.880. The molecular weight excluding hydrogens is 342 g/mol. The highest BCUT2D eigenvalue weighted by molar-refractivity contribution is 6.36. The minimum Gasteiger partial charge on any atom is -0.893 e. The van der Waals surface area contributed by atoms with Crippen LogP contribution in [0.25, 0.3) is 0 Å². The molecule has 0 bridgehead atoms. The molecule has 2 atom stereocenters. The van der Waals surface area contributed by atoms with Crippen LogP contribution in [-0.4, -0.2) is 37.1 Å². The molecule has 0 saturated carbocycles. The van der Waals surface area contributed by atoms with Gasteiger partial charge in [0.25, 0.3) is 0 Å². The van der Waals surface area contributed by atoms with Gasteiger partial charge in [0.1, 0.15) is 24.8 Å². The molecule has 2 aromatic rings. The highest BCUT2D eigenvalue weighted by atomic mass is 19.1. The molecule has 2 heterocycles. The van der Waals surface area contributed by atoms with E-state index in [1.807, 2.05) is 83.7 Å². The third-order valence-electron chi connectivity index (χ3n) is 3.45. The molecule has 148 valence electrons. The molecular formula is C16H30BFN4O4. The van der Waals surface area contributed by atoms with Crippen molar-refractivity contribution in [3.05, 3.63) is 37.4 Å². The summed E-state index contributed by atoms with van der Waals surface area (Å²) in [7, 11) is 5.39. The summed E-state index contributed by atoms with van der Waals surface area (Å²) in [5.74, 6) is 0. The summed E-state index contributed by atoms with van der Waals surface area (Å²) in [6, 6.07) is 0. The SMILES string of the molecule is COC(C)n1cc[n+](C)c1.COC(C)n1cc[n+](C)c1.[O-]B([O-])CCF. The average Bonchev–Trinajstić information content (AvgIpc) is 3.23. The average molecular weight is 372 g/mol. The van der Waals surface area contributed by atoms with Crippen LogP contribution >= 0.6 is 0 Å². The first-order chi connectivity index (χ1) is 12.2. The number of methoxy groups -OCH3 is 2. The molecule has 0 aliphatic rings. The molecule has 0 saturated heterocycles. The Morgan fingerprint density at radius 2 is 1.35 bits per heavy atom. The van der Waals surface area contributed by atoms with Gasteiger partial charge in [-0.25, -0.2) is 18.3 Å². The van der Waals surface area contributed by atoms with Gasteiger partial charge in [-0.2, -0.15) is 0 Å². The van der Waals surface area contributed by atoms with Crippen molar-refractivity contribution < 1.29 is 33.0 Å². The quantitative estimate of drug-likeness (QED) is 0.487. The molecule has 26 heavy (non-hydrogen) atoms. The molecule has 2 unspecified atom stereocenters. The van der Waals surface area contributed by atoms with Gasteiger partial charge >= 0.3 is 0 Å². The number of hydrogen-bond acceptors (Lipinski definition) is 4. The van der Waals surface area contributed by atoms with Crippen molar-refractivity contribution in [2.75, 3.05) is 20.9 Å². The molecule has 0 spiro atoms. The van der Waals surface area contributed by atoms with Gasteiger partial charge in [-0.15, -0.1) is 7.12 Å². The fourth-order valence-corrected chi connectivity index (χ4v) is 1.70. The van der Waals surface area contributed by atoms with E-state index in [0.29, 0.717) is 0 Å². The topological polar surface area (TPSA) is 82.2 Å². The fourth-order valence-electron chi connectivity index (χ4n) is 1.70. The third-order valence-corrected chi connectivity index (χ3v) is 3.45.